The number of carbonyl (C=O) groups is 1. The lowest BCUT2D eigenvalue weighted by Gasteiger charge is -2.19. The number of alkyl halides is 2. The van der Waals surface area contributed by atoms with Gasteiger partial charge in [0.1, 0.15) is 0 Å². The summed E-state index contributed by atoms with van der Waals surface area (Å²) in [5.41, 5.74) is 5.62. The molecule has 1 atom stereocenters. The predicted molar refractivity (Wildman–Crippen MR) is 86.7 cm³/mol. The molecule has 8 heteroatoms. The number of nitrogens with two attached hydrogens (primary N) is 1. The number of carbonyl (C=O) groups excluding carboxylic acids is 1. The van der Waals surface area contributed by atoms with Crippen molar-refractivity contribution in [1.29, 1.82) is 0 Å². The van der Waals surface area contributed by atoms with Gasteiger partial charge in [-0.1, -0.05) is 25.8 Å². The van der Waals surface area contributed by atoms with Gasteiger partial charge in [-0.05, 0) is 18.6 Å². The second-order valence-corrected chi connectivity index (χ2v) is 4.76. The van der Waals surface area contributed by atoms with Gasteiger partial charge in [0.15, 0.2) is 11.5 Å². The van der Waals surface area contributed by atoms with E-state index in [-0.39, 0.29) is 42.1 Å². The Bertz CT molecular complexity index is 490. The van der Waals surface area contributed by atoms with E-state index in [1.165, 1.54) is 25.3 Å². The van der Waals surface area contributed by atoms with E-state index in [1.807, 2.05) is 6.92 Å². The number of unbranched alkanes of at least 4 members (excludes halogenated alkanes) is 1. The Kier molecular flexibility index (Phi) is 10.2. The molecule has 0 bridgehead atoms. The molecule has 1 unspecified atom stereocenters. The Labute approximate surface area is 140 Å². The van der Waals surface area contributed by atoms with Crippen LogP contribution in [0.4, 0.5) is 8.78 Å². The number of hydrogen-bond donors (Lipinski definition) is 2. The van der Waals surface area contributed by atoms with Gasteiger partial charge in [0.2, 0.25) is 0 Å². The molecule has 5 nitrogen and oxygen atoms in total. The lowest BCUT2D eigenvalue weighted by molar-refractivity contribution is -0.0515. The van der Waals surface area contributed by atoms with E-state index in [1.54, 1.807) is 0 Å². The average molecular weight is 353 g/mol. The predicted octanol–water partition coefficient (Wildman–Crippen LogP) is 2.97. The van der Waals surface area contributed by atoms with Gasteiger partial charge in [0.05, 0.1) is 12.7 Å². The van der Waals surface area contributed by atoms with Gasteiger partial charge in [0.25, 0.3) is 5.91 Å². The zero-order valence-electron chi connectivity index (χ0n) is 13.2. The van der Waals surface area contributed by atoms with Crippen LogP contribution in [0.2, 0.25) is 0 Å². The summed E-state index contributed by atoms with van der Waals surface area (Å²) in [5, 5.41) is 2.74. The molecule has 1 aromatic rings. The first kappa shape index (κ1) is 21.4. The fourth-order valence-corrected chi connectivity index (χ4v) is 2.03. The molecule has 0 aliphatic heterocycles. The minimum atomic E-state index is -3.05. The number of rotatable bonds is 9. The number of nitrogens with one attached hydrogen (secondary N) is 1. The third-order valence-electron chi connectivity index (χ3n) is 3.18. The van der Waals surface area contributed by atoms with Gasteiger partial charge in [-0.2, -0.15) is 8.78 Å². The molecule has 0 radical (unpaired) electrons. The number of methoxy groups -OCH3 is 1. The number of halogens is 3. The highest BCUT2D eigenvalue weighted by Crippen LogP contribution is 2.32. The van der Waals surface area contributed by atoms with E-state index >= 15 is 0 Å². The van der Waals surface area contributed by atoms with Gasteiger partial charge in [-0.25, -0.2) is 0 Å². The molecule has 0 aromatic heterocycles. The summed E-state index contributed by atoms with van der Waals surface area (Å²) in [7, 11) is 1.32. The van der Waals surface area contributed by atoms with Gasteiger partial charge in [-0.15, -0.1) is 12.4 Å². The number of para-hydroxylation sites is 1. The molecule has 132 valence electrons. The van der Waals surface area contributed by atoms with Gasteiger partial charge < -0.3 is 20.5 Å². The quantitative estimate of drug-likeness (QED) is 0.716. The molecule has 1 aromatic carbocycles. The lowest BCUT2D eigenvalue weighted by atomic mass is 10.1. The molecule has 23 heavy (non-hydrogen) atoms. The van der Waals surface area contributed by atoms with E-state index < -0.39 is 12.5 Å². The highest BCUT2D eigenvalue weighted by molar-refractivity contribution is 5.98. The van der Waals surface area contributed by atoms with Crippen LogP contribution in [0.5, 0.6) is 11.5 Å². The minimum Gasteiger partial charge on any atom is -0.493 e. The van der Waals surface area contributed by atoms with E-state index in [0.717, 1.165) is 19.3 Å². The third kappa shape index (κ3) is 6.58. The van der Waals surface area contributed by atoms with Crippen LogP contribution in [0.15, 0.2) is 18.2 Å². The summed E-state index contributed by atoms with van der Waals surface area (Å²) in [5.74, 6) is -0.712. The Hall–Kier alpha value is -1.60. The molecule has 0 heterocycles. The molecular weight excluding hydrogens is 330 g/mol. The van der Waals surface area contributed by atoms with Crippen molar-refractivity contribution in [3.05, 3.63) is 23.8 Å². The zero-order valence-corrected chi connectivity index (χ0v) is 14.0. The monoisotopic (exact) mass is 352 g/mol. The van der Waals surface area contributed by atoms with Crippen LogP contribution in [0.3, 0.4) is 0 Å². The highest BCUT2D eigenvalue weighted by Gasteiger charge is 2.21. The Morgan fingerprint density at radius 3 is 2.61 bits per heavy atom. The van der Waals surface area contributed by atoms with Gasteiger partial charge >= 0.3 is 6.61 Å². The average Bonchev–Trinajstić information content (AvgIpc) is 2.50. The van der Waals surface area contributed by atoms with Crippen LogP contribution < -0.4 is 20.5 Å². The van der Waals surface area contributed by atoms with Gasteiger partial charge in [0, 0.05) is 12.6 Å². The smallest absolute Gasteiger partial charge is 0.387 e. The fraction of sp³-hybridized carbons (Fsp3) is 0.533. The van der Waals surface area contributed by atoms with E-state index in [4.69, 9.17) is 10.5 Å². The Balaban J connectivity index is 0.00000484. The molecule has 0 aliphatic rings. The lowest BCUT2D eigenvalue weighted by Crippen LogP contribution is -2.40. The summed E-state index contributed by atoms with van der Waals surface area (Å²) in [6.45, 7) is -0.736. The second-order valence-electron chi connectivity index (χ2n) is 4.76. The Morgan fingerprint density at radius 1 is 1.39 bits per heavy atom. The first-order valence-electron chi connectivity index (χ1n) is 7.16. The van der Waals surface area contributed by atoms with Crippen LogP contribution in [0.25, 0.3) is 0 Å². The number of amides is 1. The molecule has 0 fully saturated rings. The third-order valence-corrected chi connectivity index (χ3v) is 3.18. The molecule has 3 N–H and O–H groups in total. The first-order chi connectivity index (χ1) is 10.5. The fourth-order valence-electron chi connectivity index (χ4n) is 2.03. The standard InChI is InChI=1S/C15H22F2N2O3.ClH/c1-3-4-6-10(9-18)19-14(20)11-7-5-8-12(21-2)13(11)22-15(16)17;/h5,7-8,10,15H,3-4,6,9,18H2,1-2H3,(H,19,20);1H. The van der Waals surface area contributed by atoms with Crippen molar-refractivity contribution < 1.29 is 23.0 Å². The molecule has 1 amide bonds. The van der Waals surface area contributed by atoms with Crippen molar-refractivity contribution in [2.75, 3.05) is 13.7 Å². The maximum Gasteiger partial charge on any atom is 0.387 e. The highest BCUT2D eigenvalue weighted by atomic mass is 35.5. The van der Waals surface area contributed by atoms with E-state index in [9.17, 15) is 13.6 Å². The van der Waals surface area contributed by atoms with Gasteiger partial charge in [-0.3, -0.25) is 4.79 Å². The van der Waals surface area contributed by atoms with E-state index in [2.05, 4.69) is 10.1 Å². The summed E-state index contributed by atoms with van der Waals surface area (Å²) in [6.07, 6.45) is 2.62. The topological polar surface area (TPSA) is 73.6 Å². The number of ether oxygens (including phenoxy) is 2. The molecule has 1 rings (SSSR count). The van der Waals surface area contributed by atoms with Crippen LogP contribution in [0.1, 0.15) is 36.5 Å². The van der Waals surface area contributed by atoms with Crippen molar-refractivity contribution in [3.63, 3.8) is 0 Å². The Morgan fingerprint density at radius 2 is 2.09 bits per heavy atom. The van der Waals surface area contributed by atoms with Crippen molar-refractivity contribution in [2.24, 2.45) is 5.73 Å². The zero-order chi connectivity index (χ0) is 16.5. The number of benzene rings is 1. The minimum absolute atomic E-state index is 0. The second kappa shape index (κ2) is 11.0. The first-order valence-corrected chi connectivity index (χ1v) is 7.16. The van der Waals surface area contributed by atoms with Crippen molar-refractivity contribution in [1.82, 2.24) is 5.32 Å². The van der Waals surface area contributed by atoms with Crippen LogP contribution in [-0.4, -0.2) is 32.2 Å². The normalized spacial score (nSPS) is 11.6. The molecular formula is C15H23ClF2N2O3. The molecule has 0 saturated heterocycles. The summed E-state index contributed by atoms with van der Waals surface area (Å²) >= 11 is 0. The summed E-state index contributed by atoms with van der Waals surface area (Å²) < 4.78 is 34.5. The maximum atomic E-state index is 12.5. The van der Waals surface area contributed by atoms with Crippen molar-refractivity contribution >= 4 is 18.3 Å². The van der Waals surface area contributed by atoms with Crippen LogP contribution in [-0.2, 0) is 0 Å². The van der Waals surface area contributed by atoms with E-state index in [0.29, 0.717) is 0 Å². The van der Waals surface area contributed by atoms with Crippen LogP contribution in [0, 0.1) is 0 Å². The SMILES string of the molecule is CCCCC(CN)NC(=O)c1cccc(OC)c1OC(F)F.Cl. The molecule has 0 saturated carbocycles. The van der Waals surface area contributed by atoms with Crippen molar-refractivity contribution in [2.45, 2.75) is 38.8 Å². The van der Waals surface area contributed by atoms with Crippen LogP contribution >= 0.6 is 12.4 Å². The molecule has 0 aliphatic carbocycles. The largest absolute Gasteiger partial charge is 0.493 e. The maximum absolute atomic E-state index is 12.5. The van der Waals surface area contributed by atoms with Crippen molar-refractivity contribution in [3.8, 4) is 11.5 Å². The summed E-state index contributed by atoms with van der Waals surface area (Å²) in [6, 6.07) is 4.18. The summed E-state index contributed by atoms with van der Waals surface area (Å²) in [4.78, 5) is 12.3. The number of hydrogen-bond acceptors (Lipinski definition) is 4. The molecule has 0 spiro atoms.